The molecule has 25 heavy (non-hydrogen) atoms. The Balaban J connectivity index is 1.46. The van der Waals surface area contributed by atoms with Crippen LogP contribution in [0.25, 0.3) is 0 Å². The number of halogens is 1. The Morgan fingerprint density at radius 1 is 1.12 bits per heavy atom. The van der Waals surface area contributed by atoms with E-state index >= 15 is 0 Å². The molecule has 0 bridgehead atoms. The van der Waals surface area contributed by atoms with E-state index in [-0.39, 0.29) is 23.0 Å². The van der Waals surface area contributed by atoms with Crippen LogP contribution in [0.5, 0.6) is 0 Å². The Morgan fingerprint density at radius 3 is 2.52 bits per heavy atom. The first-order chi connectivity index (χ1) is 11.9. The van der Waals surface area contributed by atoms with Gasteiger partial charge in [-0.3, -0.25) is 9.59 Å². The lowest BCUT2D eigenvalue weighted by Crippen LogP contribution is -2.50. The summed E-state index contributed by atoms with van der Waals surface area (Å²) in [5, 5.41) is 0. The van der Waals surface area contributed by atoms with E-state index < -0.39 is 5.41 Å². The summed E-state index contributed by atoms with van der Waals surface area (Å²) in [6.45, 7) is 4.56. The van der Waals surface area contributed by atoms with Crippen LogP contribution in [0.2, 0.25) is 0 Å². The Labute approximate surface area is 148 Å². The van der Waals surface area contributed by atoms with Crippen molar-refractivity contribution in [2.24, 2.45) is 10.8 Å². The third-order valence-electron chi connectivity index (χ3n) is 6.27. The molecule has 5 heteroatoms. The topological polar surface area (TPSA) is 40.6 Å². The van der Waals surface area contributed by atoms with E-state index in [1.54, 1.807) is 12.1 Å². The molecule has 1 unspecified atom stereocenters. The number of hydrogen-bond acceptors (Lipinski definition) is 2. The number of piperidine rings is 1. The van der Waals surface area contributed by atoms with Gasteiger partial charge in [0, 0.05) is 31.6 Å². The monoisotopic (exact) mass is 344 g/mol. The van der Waals surface area contributed by atoms with Gasteiger partial charge in [0.2, 0.25) is 11.8 Å². The van der Waals surface area contributed by atoms with Crippen molar-refractivity contribution in [1.82, 2.24) is 9.80 Å². The summed E-state index contributed by atoms with van der Waals surface area (Å²) in [5.41, 5.74) is 0.374. The zero-order valence-corrected chi connectivity index (χ0v) is 14.8. The Bertz CT molecular complexity index is 698. The van der Waals surface area contributed by atoms with Gasteiger partial charge in [-0.2, -0.15) is 0 Å². The molecule has 1 aromatic carbocycles. The van der Waals surface area contributed by atoms with Crippen molar-refractivity contribution in [2.45, 2.75) is 45.6 Å². The van der Waals surface area contributed by atoms with Crippen LogP contribution in [0.1, 0.15) is 44.6 Å². The minimum Gasteiger partial charge on any atom is -0.341 e. The van der Waals surface area contributed by atoms with Crippen LogP contribution in [0, 0.1) is 16.6 Å². The van der Waals surface area contributed by atoms with Gasteiger partial charge < -0.3 is 9.80 Å². The fraction of sp³-hybridized carbons (Fsp3) is 0.600. The zero-order valence-electron chi connectivity index (χ0n) is 14.8. The summed E-state index contributed by atoms with van der Waals surface area (Å²) in [6.07, 6.45) is 4.55. The lowest BCUT2D eigenvalue weighted by molar-refractivity contribution is -0.147. The maximum absolute atomic E-state index is 13.2. The smallest absolute Gasteiger partial charge is 0.230 e. The fourth-order valence-corrected chi connectivity index (χ4v) is 4.32. The van der Waals surface area contributed by atoms with Gasteiger partial charge in [0.25, 0.3) is 0 Å². The molecular formula is C20H25FN2O2. The molecule has 2 saturated heterocycles. The van der Waals surface area contributed by atoms with Crippen LogP contribution in [0.15, 0.2) is 24.3 Å². The van der Waals surface area contributed by atoms with Crippen molar-refractivity contribution >= 4 is 11.8 Å². The van der Waals surface area contributed by atoms with Gasteiger partial charge in [-0.15, -0.1) is 0 Å². The number of amides is 2. The maximum atomic E-state index is 13.2. The van der Waals surface area contributed by atoms with E-state index in [0.717, 1.165) is 44.2 Å². The van der Waals surface area contributed by atoms with Crippen molar-refractivity contribution in [3.63, 3.8) is 0 Å². The largest absolute Gasteiger partial charge is 0.341 e. The second-order valence-electron chi connectivity index (χ2n) is 8.27. The number of hydrogen-bond donors (Lipinski definition) is 0. The van der Waals surface area contributed by atoms with Crippen molar-refractivity contribution in [1.29, 1.82) is 0 Å². The van der Waals surface area contributed by atoms with Gasteiger partial charge in [-0.25, -0.2) is 4.39 Å². The molecule has 0 N–H and O–H groups in total. The van der Waals surface area contributed by atoms with Crippen LogP contribution < -0.4 is 0 Å². The minimum absolute atomic E-state index is 0.166. The molecule has 4 nitrogen and oxygen atoms in total. The summed E-state index contributed by atoms with van der Waals surface area (Å²) in [4.78, 5) is 29.6. The highest BCUT2D eigenvalue weighted by Gasteiger charge is 2.54. The molecule has 2 aliphatic heterocycles. The Morgan fingerprint density at radius 2 is 1.84 bits per heavy atom. The number of carbonyl (C=O) groups is 2. The van der Waals surface area contributed by atoms with Gasteiger partial charge in [-0.05, 0) is 49.8 Å². The molecule has 2 heterocycles. The predicted molar refractivity (Wildman–Crippen MR) is 92.0 cm³/mol. The normalized spacial score (nSPS) is 27.8. The molecule has 1 spiro atoms. The Kier molecular flexibility index (Phi) is 3.85. The molecule has 134 valence electrons. The highest BCUT2D eigenvalue weighted by atomic mass is 19.1. The number of carbonyl (C=O) groups excluding carboxylic acids is 2. The van der Waals surface area contributed by atoms with E-state index in [9.17, 15) is 14.0 Å². The van der Waals surface area contributed by atoms with Crippen molar-refractivity contribution < 1.29 is 14.0 Å². The molecule has 3 fully saturated rings. The standard InChI is InChI=1S/C20H25FN2O2/c1-19(8-9-19)17(24)23-12-10-20(14-23)7-2-11-22(18(20)25)13-15-3-5-16(21)6-4-15/h3-6H,2,7-14H2,1H3. The second kappa shape index (κ2) is 5.82. The molecule has 1 aromatic rings. The highest BCUT2D eigenvalue weighted by Crippen LogP contribution is 2.49. The van der Waals surface area contributed by atoms with E-state index in [4.69, 9.17) is 0 Å². The average Bonchev–Trinajstić information content (AvgIpc) is 3.21. The molecular weight excluding hydrogens is 319 g/mol. The summed E-state index contributed by atoms with van der Waals surface area (Å²) in [6, 6.07) is 6.35. The van der Waals surface area contributed by atoms with Crippen LogP contribution in [0.4, 0.5) is 4.39 Å². The van der Waals surface area contributed by atoms with Crippen LogP contribution in [-0.2, 0) is 16.1 Å². The highest BCUT2D eigenvalue weighted by molar-refractivity contribution is 5.88. The maximum Gasteiger partial charge on any atom is 0.230 e. The van der Waals surface area contributed by atoms with Crippen LogP contribution >= 0.6 is 0 Å². The second-order valence-corrected chi connectivity index (χ2v) is 8.27. The van der Waals surface area contributed by atoms with Crippen molar-refractivity contribution in [3.8, 4) is 0 Å². The molecule has 4 rings (SSSR count). The first kappa shape index (κ1) is 16.6. The summed E-state index contributed by atoms with van der Waals surface area (Å²) in [7, 11) is 0. The van der Waals surface area contributed by atoms with Crippen LogP contribution in [0.3, 0.4) is 0 Å². The predicted octanol–water partition coefficient (Wildman–Crippen LogP) is 2.97. The minimum atomic E-state index is -0.404. The molecule has 0 radical (unpaired) electrons. The summed E-state index contributed by atoms with van der Waals surface area (Å²) in [5.74, 6) is 0.135. The lowest BCUT2D eigenvalue weighted by Gasteiger charge is -2.39. The van der Waals surface area contributed by atoms with E-state index in [1.807, 2.05) is 16.7 Å². The van der Waals surface area contributed by atoms with Crippen LogP contribution in [-0.4, -0.2) is 41.2 Å². The van der Waals surface area contributed by atoms with E-state index in [2.05, 4.69) is 0 Å². The number of likely N-dealkylation sites (tertiary alicyclic amines) is 2. The fourth-order valence-electron chi connectivity index (χ4n) is 4.32. The summed E-state index contributed by atoms with van der Waals surface area (Å²) < 4.78 is 13.1. The quantitative estimate of drug-likeness (QED) is 0.846. The van der Waals surface area contributed by atoms with Gasteiger partial charge in [0.15, 0.2) is 0 Å². The van der Waals surface area contributed by atoms with Gasteiger partial charge in [0.05, 0.1) is 5.41 Å². The third kappa shape index (κ3) is 2.94. The Hall–Kier alpha value is -1.91. The summed E-state index contributed by atoms with van der Waals surface area (Å²) >= 11 is 0. The number of nitrogens with zero attached hydrogens (tertiary/aromatic N) is 2. The number of benzene rings is 1. The number of rotatable bonds is 3. The van der Waals surface area contributed by atoms with Gasteiger partial charge in [-0.1, -0.05) is 19.1 Å². The molecule has 2 amide bonds. The molecule has 1 aliphatic carbocycles. The van der Waals surface area contributed by atoms with E-state index in [0.29, 0.717) is 19.6 Å². The first-order valence-electron chi connectivity index (χ1n) is 9.25. The SMILES string of the molecule is CC1(C(=O)N2CCC3(CCCN(Cc4ccc(F)cc4)C3=O)C2)CC1. The zero-order chi connectivity index (χ0) is 17.7. The first-order valence-corrected chi connectivity index (χ1v) is 9.25. The van der Waals surface area contributed by atoms with E-state index in [1.165, 1.54) is 12.1 Å². The van der Waals surface area contributed by atoms with Crippen molar-refractivity contribution in [2.75, 3.05) is 19.6 Å². The molecule has 1 atom stereocenters. The molecule has 3 aliphatic rings. The molecule has 1 saturated carbocycles. The van der Waals surface area contributed by atoms with Crippen molar-refractivity contribution in [3.05, 3.63) is 35.6 Å². The average molecular weight is 344 g/mol. The molecule has 0 aromatic heterocycles. The van der Waals surface area contributed by atoms with Gasteiger partial charge >= 0.3 is 0 Å². The lowest BCUT2D eigenvalue weighted by atomic mass is 9.78. The van der Waals surface area contributed by atoms with Gasteiger partial charge in [0.1, 0.15) is 5.82 Å². The third-order valence-corrected chi connectivity index (χ3v) is 6.27.